The highest BCUT2D eigenvalue weighted by atomic mass is 32.2. The molecule has 5 nitrogen and oxygen atoms in total. The maximum absolute atomic E-state index is 14.0. The van der Waals surface area contributed by atoms with Gasteiger partial charge in [-0.25, -0.2) is 17.2 Å². The van der Waals surface area contributed by atoms with Crippen LogP contribution < -0.4 is 4.31 Å². The van der Waals surface area contributed by atoms with Gasteiger partial charge in [-0.3, -0.25) is 9.29 Å². The molecular formula is C15H16F2N2O3S. The lowest BCUT2D eigenvalue weighted by atomic mass is 10.2. The van der Waals surface area contributed by atoms with E-state index in [9.17, 15) is 17.2 Å². The highest BCUT2D eigenvalue weighted by molar-refractivity contribution is 7.92. The van der Waals surface area contributed by atoms with Crippen molar-refractivity contribution in [2.24, 2.45) is 0 Å². The maximum atomic E-state index is 14.0. The van der Waals surface area contributed by atoms with Crippen molar-refractivity contribution in [3.8, 4) is 0 Å². The first-order valence-electron chi connectivity index (χ1n) is 6.75. The van der Waals surface area contributed by atoms with Gasteiger partial charge in [-0.1, -0.05) is 0 Å². The molecule has 1 aromatic carbocycles. The fraction of sp³-hybridized carbons (Fsp3) is 0.267. The molecule has 0 aliphatic carbocycles. The fourth-order valence-electron chi connectivity index (χ4n) is 2.02. The van der Waals surface area contributed by atoms with Crippen molar-refractivity contribution >= 4 is 15.7 Å². The van der Waals surface area contributed by atoms with E-state index in [-0.39, 0.29) is 18.7 Å². The Morgan fingerprint density at radius 3 is 2.43 bits per heavy atom. The number of aryl methyl sites for hydroxylation is 1. The molecule has 0 bridgehead atoms. The Kier molecular flexibility index (Phi) is 5.27. The highest BCUT2D eigenvalue weighted by Gasteiger charge is 2.28. The van der Waals surface area contributed by atoms with Crippen LogP contribution in [0.4, 0.5) is 14.5 Å². The Bertz CT molecular complexity index is 783. The molecule has 0 unspecified atom stereocenters. The van der Waals surface area contributed by atoms with Crippen molar-refractivity contribution in [3.05, 3.63) is 53.9 Å². The third-order valence-electron chi connectivity index (χ3n) is 3.23. The van der Waals surface area contributed by atoms with Crippen LogP contribution in [0.5, 0.6) is 0 Å². The minimum absolute atomic E-state index is 0.0152. The molecule has 0 fully saturated rings. The van der Waals surface area contributed by atoms with Gasteiger partial charge in [0.2, 0.25) is 0 Å². The number of benzene rings is 1. The number of halogens is 2. The Balaban J connectivity index is 2.55. The number of hydrogen-bond donors (Lipinski definition) is 0. The van der Waals surface area contributed by atoms with Crippen LogP contribution in [0.1, 0.15) is 5.56 Å². The van der Waals surface area contributed by atoms with Gasteiger partial charge < -0.3 is 4.74 Å². The number of rotatable bonds is 6. The number of pyridine rings is 1. The molecule has 0 amide bonds. The Morgan fingerprint density at radius 1 is 1.17 bits per heavy atom. The van der Waals surface area contributed by atoms with Crippen LogP contribution in [0.15, 0.2) is 41.6 Å². The number of anilines is 1. The van der Waals surface area contributed by atoms with Gasteiger partial charge in [0.1, 0.15) is 16.5 Å². The van der Waals surface area contributed by atoms with Crippen LogP contribution >= 0.6 is 0 Å². The summed E-state index contributed by atoms with van der Waals surface area (Å²) < 4.78 is 59.0. The van der Waals surface area contributed by atoms with E-state index >= 15 is 0 Å². The SMILES string of the molecule is COCCN(c1ccncc1)S(=O)(=O)c1cc(C)c(F)cc1F. The molecule has 0 saturated carbocycles. The monoisotopic (exact) mass is 342 g/mol. The number of ether oxygens (including phenoxy) is 1. The summed E-state index contributed by atoms with van der Waals surface area (Å²) in [7, 11) is -2.78. The van der Waals surface area contributed by atoms with E-state index in [4.69, 9.17) is 4.74 Å². The summed E-state index contributed by atoms with van der Waals surface area (Å²) in [6.45, 7) is 1.47. The van der Waals surface area contributed by atoms with Gasteiger partial charge >= 0.3 is 0 Å². The summed E-state index contributed by atoms with van der Waals surface area (Å²) in [5, 5.41) is 0. The molecule has 0 radical (unpaired) electrons. The van der Waals surface area contributed by atoms with Gasteiger partial charge in [0, 0.05) is 25.6 Å². The molecule has 2 rings (SSSR count). The van der Waals surface area contributed by atoms with Crippen LogP contribution in [0, 0.1) is 18.6 Å². The molecule has 0 N–H and O–H groups in total. The predicted octanol–water partition coefficient (Wildman–Crippen LogP) is 2.51. The quantitative estimate of drug-likeness (QED) is 0.809. The molecule has 124 valence electrons. The van der Waals surface area contributed by atoms with Crippen LogP contribution in [0.2, 0.25) is 0 Å². The summed E-state index contributed by atoms with van der Waals surface area (Å²) in [6.07, 6.45) is 2.86. The average molecular weight is 342 g/mol. The summed E-state index contributed by atoms with van der Waals surface area (Å²) in [5.74, 6) is -1.93. The fourth-order valence-corrected chi connectivity index (χ4v) is 3.60. The van der Waals surface area contributed by atoms with Gasteiger partial charge in [0.15, 0.2) is 0 Å². The summed E-state index contributed by atoms with van der Waals surface area (Å²) in [5.41, 5.74) is 0.366. The van der Waals surface area contributed by atoms with Crippen molar-refractivity contribution in [2.45, 2.75) is 11.8 Å². The first-order chi connectivity index (χ1) is 10.9. The molecule has 1 aromatic heterocycles. The van der Waals surface area contributed by atoms with Crippen molar-refractivity contribution in [2.75, 3.05) is 24.6 Å². The zero-order valence-electron chi connectivity index (χ0n) is 12.7. The lowest BCUT2D eigenvalue weighted by molar-refractivity contribution is 0.208. The first kappa shape index (κ1) is 17.3. The van der Waals surface area contributed by atoms with Gasteiger partial charge in [-0.15, -0.1) is 0 Å². The van der Waals surface area contributed by atoms with Crippen molar-refractivity contribution in [1.82, 2.24) is 4.98 Å². The number of hydrogen-bond acceptors (Lipinski definition) is 4. The predicted molar refractivity (Wildman–Crippen MR) is 81.7 cm³/mol. The third-order valence-corrected chi connectivity index (χ3v) is 5.07. The Labute approximate surface area is 133 Å². The smallest absolute Gasteiger partial charge is 0.267 e. The van der Waals surface area contributed by atoms with E-state index in [0.717, 1.165) is 10.4 Å². The topological polar surface area (TPSA) is 59.5 Å². The van der Waals surface area contributed by atoms with Gasteiger partial charge in [0.25, 0.3) is 10.0 Å². The lowest BCUT2D eigenvalue weighted by Gasteiger charge is -2.24. The van der Waals surface area contributed by atoms with E-state index < -0.39 is 26.6 Å². The summed E-state index contributed by atoms with van der Waals surface area (Å²) in [4.78, 5) is 3.25. The first-order valence-corrected chi connectivity index (χ1v) is 8.19. The summed E-state index contributed by atoms with van der Waals surface area (Å²) >= 11 is 0. The van der Waals surface area contributed by atoms with Crippen LogP contribution in [0.25, 0.3) is 0 Å². The second-order valence-electron chi connectivity index (χ2n) is 4.81. The Morgan fingerprint density at radius 2 is 1.83 bits per heavy atom. The van der Waals surface area contributed by atoms with Crippen molar-refractivity contribution in [3.63, 3.8) is 0 Å². The molecule has 0 aliphatic heterocycles. The second kappa shape index (κ2) is 7.01. The number of sulfonamides is 1. The van der Waals surface area contributed by atoms with Crippen LogP contribution in [0.3, 0.4) is 0 Å². The molecule has 0 atom stereocenters. The van der Waals surface area contributed by atoms with Crippen molar-refractivity contribution < 1.29 is 21.9 Å². The molecule has 23 heavy (non-hydrogen) atoms. The standard InChI is InChI=1S/C15H16F2N2O3S/c1-11-9-15(14(17)10-13(11)16)23(20,21)19(7-8-22-2)12-3-5-18-6-4-12/h3-6,9-10H,7-8H2,1-2H3. The average Bonchev–Trinajstić information content (AvgIpc) is 2.52. The lowest BCUT2D eigenvalue weighted by Crippen LogP contribution is -2.34. The molecule has 0 spiro atoms. The zero-order chi connectivity index (χ0) is 17.0. The maximum Gasteiger partial charge on any atom is 0.267 e. The molecule has 1 heterocycles. The second-order valence-corrected chi connectivity index (χ2v) is 6.64. The van der Waals surface area contributed by atoms with E-state index in [1.807, 2.05) is 0 Å². The van der Waals surface area contributed by atoms with Crippen molar-refractivity contribution in [1.29, 1.82) is 0 Å². The van der Waals surface area contributed by atoms with Crippen LogP contribution in [-0.2, 0) is 14.8 Å². The number of methoxy groups -OCH3 is 1. The van der Waals surface area contributed by atoms with E-state index in [1.54, 1.807) is 0 Å². The van der Waals surface area contributed by atoms with Gasteiger partial charge in [-0.05, 0) is 30.7 Å². The molecule has 8 heteroatoms. The normalized spacial score (nSPS) is 11.5. The van der Waals surface area contributed by atoms with Gasteiger partial charge in [0.05, 0.1) is 18.8 Å². The molecule has 0 aliphatic rings. The van der Waals surface area contributed by atoms with E-state index in [0.29, 0.717) is 11.8 Å². The molecule has 0 saturated heterocycles. The highest BCUT2D eigenvalue weighted by Crippen LogP contribution is 2.26. The Hall–Kier alpha value is -2.06. The zero-order valence-corrected chi connectivity index (χ0v) is 13.5. The third kappa shape index (κ3) is 3.65. The van der Waals surface area contributed by atoms with E-state index in [2.05, 4.69) is 4.98 Å². The van der Waals surface area contributed by atoms with Crippen LogP contribution in [-0.4, -0.2) is 33.7 Å². The van der Waals surface area contributed by atoms with Gasteiger partial charge in [-0.2, -0.15) is 0 Å². The molecular weight excluding hydrogens is 326 g/mol. The minimum atomic E-state index is -4.21. The number of aromatic nitrogens is 1. The summed E-state index contributed by atoms with van der Waals surface area (Å²) in [6, 6.07) is 4.53. The number of nitrogens with zero attached hydrogens (tertiary/aromatic N) is 2. The molecule has 2 aromatic rings. The minimum Gasteiger partial charge on any atom is -0.383 e. The largest absolute Gasteiger partial charge is 0.383 e. The van der Waals surface area contributed by atoms with E-state index in [1.165, 1.54) is 38.6 Å².